The van der Waals surface area contributed by atoms with Crippen molar-refractivity contribution in [3.8, 4) is 5.75 Å². The van der Waals surface area contributed by atoms with Crippen molar-refractivity contribution in [2.45, 2.75) is 44.3 Å². The van der Waals surface area contributed by atoms with Gasteiger partial charge in [0.25, 0.3) is 0 Å². The third-order valence-electron chi connectivity index (χ3n) is 6.36. The van der Waals surface area contributed by atoms with E-state index in [1.165, 1.54) is 0 Å². The van der Waals surface area contributed by atoms with E-state index in [4.69, 9.17) is 10.5 Å². The van der Waals surface area contributed by atoms with Crippen LogP contribution in [0.4, 0.5) is 5.69 Å². The number of nitrogens with two attached hydrogens (primary N) is 1. The number of benzene rings is 3. The van der Waals surface area contributed by atoms with Crippen LogP contribution in [0.3, 0.4) is 0 Å². The summed E-state index contributed by atoms with van der Waals surface area (Å²) in [5, 5.41) is 3.30. The first kappa shape index (κ1) is 23.5. The third-order valence-corrected chi connectivity index (χ3v) is 6.36. The monoisotopic (exact) mass is 457 g/mol. The number of anilines is 1. The minimum Gasteiger partial charge on any atom is -0.497 e. The Morgan fingerprint density at radius 3 is 2.44 bits per heavy atom. The van der Waals surface area contributed by atoms with Crippen LogP contribution in [-0.4, -0.2) is 31.0 Å². The first-order chi connectivity index (χ1) is 16.5. The predicted octanol–water partition coefficient (Wildman–Crippen LogP) is 3.62. The minimum absolute atomic E-state index is 0.0493. The van der Waals surface area contributed by atoms with Crippen molar-refractivity contribution in [1.29, 1.82) is 0 Å². The molecule has 1 aliphatic heterocycles. The summed E-state index contributed by atoms with van der Waals surface area (Å²) in [4.78, 5) is 27.8. The molecular formula is C28H31N3O3. The van der Waals surface area contributed by atoms with Crippen LogP contribution in [0.1, 0.15) is 29.5 Å². The van der Waals surface area contributed by atoms with Crippen LogP contribution in [0.2, 0.25) is 0 Å². The zero-order valence-electron chi connectivity index (χ0n) is 19.4. The molecule has 1 unspecified atom stereocenters. The van der Waals surface area contributed by atoms with E-state index in [1.54, 1.807) is 7.11 Å². The summed E-state index contributed by atoms with van der Waals surface area (Å²) in [6.45, 7) is 0.434. The highest BCUT2D eigenvalue weighted by molar-refractivity contribution is 5.99. The second-order valence-corrected chi connectivity index (χ2v) is 8.64. The van der Waals surface area contributed by atoms with E-state index in [0.717, 1.165) is 34.5 Å². The lowest BCUT2D eigenvalue weighted by molar-refractivity contribution is -0.123. The molecule has 3 N–H and O–H groups in total. The van der Waals surface area contributed by atoms with Crippen molar-refractivity contribution >= 4 is 17.5 Å². The lowest BCUT2D eigenvalue weighted by atomic mass is 10.0. The van der Waals surface area contributed by atoms with E-state index in [-0.39, 0.29) is 5.91 Å². The maximum atomic E-state index is 13.8. The lowest BCUT2D eigenvalue weighted by Crippen LogP contribution is -2.53. The van der Waals surface area contributed by atoms with Gasteiger partial charge in [-0.3, -0.25) is 14.9 Å². The molecule has 2 atom stereocenters. The van der Waals surface area contributed by atoms with Crippen LogP contribution in [-0.2, 0) is 29.0 Å². The molecule has 1 aliphatic rings. The molecule has 6 nitrogen and oxygen atoms in total. The van der Waals surface area contributed by atoms with Crippen LogP contribution in [0.5, 0.6) is 5.75 Å². The molecule has 0 radical (unpaired) electrons. The molecule has 0 aromatic heterocycles. The zero-order valence-corrected chi connectivity index (χ0v) is 19.4. The second-order valence-electron chi connectivity index (χ2n) is 8.64. The first-order valence-corrected chi connectivity index (χ1v) is 11.7. The van der Waals surface area contributed by atoms with E-state index in [9.17, 15) is 9.59 Å². The highest BCUT2D eigenvalue weighted by Gasteiger charge is 2.32. The number of carbonyl (C=O) groups is 2. The highest BCUT2D eigenvalue weighted by Crippen LogP contribution is 2.29. The number of amides is 2. The molecule has 34 heavy (non-hydrogen) atoms. The van der Waals surface area contributed by atoms with Crippen molar-refractivity contribution in [1.82, 2.24) is 5.32 Å². The Bertz CT molecular complexity index is 1120. The fraction of sp³-hybridized carbons (Fsp3) is 0.286. The van der Waals surface area contributed by atoms with Gasteiger partial charge in [-0.2, -0.15) is 0 Å². The summed E-state index contributed by atoms with van der Waals surface area (Å²) in [5.41, 5.74) is 9.90. The fourth-order valence-electron chi connectivity index (χ4n) is 4.45. The van der Waals surface area contributed by atoms with Gasteiger partial charge in [-0.15, -0.1) is 0 Å². The van der Waals surface area contributed by atoms with Crippen LogP contribution < -0.4 is 20.7 Å². The molecule has 0 fully saturated rings. The maximum absolute atomic E-state index is 13.8. The number of methoxy groups -OCH3 is 1. The molecule has 6 heteroatoms. The number of nitrogens with one attached hydrogen (secondary N) is 1. The first-order valence-electron chi connectivity index (χ1n) is 11.7. The van der Waals surface area contributed by atoms with Gasteiger partial charge in [-0.25, -0.2) is 0 Å². The predicted molar refractivity (Wildman–Crippen MR) is 134 cm³/mol. The molecule has 4 rings (SSSR count). The van der Waals surface area contributed by atoms with E-state index >= 15 is 0 Å². The fourth-order valence-corrected chi connectivity index (χ4v) is 4.45. The van der Waals surface area contributed by atoms with E-state index in [0.29, 0.717) is 25.8 Å². The Balaban J connectivity index is 1.54. The summed E-state index contributed by atoms with van der Waals surface area (Å²) >= 11 is 0. The summed E-state index contributed by atoms with van der Waals surface area (Å²) < 4.78 is 5.26. The molecule has 1 heterocycles. The standard InChI is InChI=1S/C28H31N3O3/c1-34-23-15-11-21(12-16-23)19-31-26-10-6-5-9-22(26)14-18-25(28(31)33)30-24(27(29)32)17-13-20-7-3-2-4-8-20/h2-12,15-16,24-25,30H,13-14,17-19H2,1H3,(H2,29,32)/t24-,25?/m0/s1. The summed E-state index contributed by atoms with van der Waals surface area (Å²) in [6, 6.07) is 24.6. The molecule has 2 amide bonds. The smallest absolute Gasteiger partial charge is 0.244 e. The normalized spacial score (nSPS) is 16.4. The van der Waals surface area contributed by atoms with Gasteiger partial charge in [0.15, 0.2) is 0 Å². The Morgan fingerprint density at radius 2 is 1.74 bits per heavy atom. The quantitative estimate of drug-likeness (QED) is 0.514. The number of primary amides is 1. The van der Waals surface area contributed by atoms with Crippen LogP contribution in [0, 0.1) is 0 Å². The molecule has 0 saturated carbocycles. The summed E-state index contributed by atoms with van der Waals surface area (Å²) in [7, 11) is 1.63. The minimum atomic E-state index is -0.585. The van der Waals surface area contributed by atoms with Crippen molar-refractivity contribution in [2.75, 3.05) is 12.0 Å². The number of rotatable bonds is 9. The number of hydrogen-bond donors (Lipinski definition) is 2. The van der Waals surface area contributed by atoms with Gasteiger partial charge in [-0.1, -0.05) is 60.7 Å². The molecular weight excluding hydrogens is 426 g/mol. The van der Waals surface area contributed by atoms with Crippen molar-refractivity contribution < 1.29 is 14.3 Å². The Labute approximate surface area is 200 Å². The maximum Gasteiger partial charge on any atom is 0.244 e. The number of nitrogens with zero attached hydrogens (tertiary/aromatic N) is 1. The number of carbonyl (C=O) groups excluding carboxylic acids is 2. The van der Waals surface area contributed by atoms with Gasteiger partial charge in [0.1, 0.15) is 5.75 Å². The molecule has 3 aromatic carbocycles. The number of fused-ring (bicyclic) bond motifs is 1. The van der Waals surface area contributed by atoms with E-state index < -0.39 is 18.0 Å². The number of para-hydroxylation sites is 1. The van der Waals surface area contributed by atoms with Gasteiger partial charge in [-0.05, 0) is 60.6 Å². The number of ether oxygens (including phenoxy) is 1. The van der Waals surface area contributed by atoms with Crippen molar-refractivity contribution in [3.05, 3.63) is 95.6 Å². The third kappa shape index (κ3) is 5.64. The molecule has 0 saturated heterocycles. The number of aryl methyl sites for hydroxylation is 2. The lowest BCUT2D eigenvalue weighted by Gasteiger charge is -2.28. The van der Waals surface area contributed by atoms with E-state index in [1.807, 2.05) is 77.7 Å². The molecule has 0 aliphatic carbocycles. The second kappa shape index (κ2) is 11.0. The van der Waals surface area contributed by atoms with Gasteiger partial charge in [0.2, 0.25) is 11.8 Å². The topological polar surface area (TPSA) is 84.7 Å². The van der Waals surface area contributed by atoms with E-state index in [2.05, 4.69) is 11.4 Å². The van der Waals surface area contributed by atoms with Crippen molar-refractivity contribution in [3.63, 3.8) is 0 Å². The van der Waals surface area contributed by atoms with Gasteiger partial charge in [0, 0.05) is 5.69 Å². The Morgan fingerprint density at radius 1 is 1.03 bits per heavy atom. The van der Waals surface area contributed by atoms with Crippen molar-refractivity contribution in [2.24, 2.45) is 5.73 Å². The summed E-state index contributed by atoms with van der Waals surface area (Å²) in [6.07, 6.45) is 2.58. The molecule has 0 bridgehead atoms. The van der Waals surface area contributed by atoms with Gasteiger partial charge < -0.3 is 15.4 Å². The zero-order chi connectivity index (χ0) is 23.9. The SMILES string of the molecule is COc1ccc(CN2C(=O)C(N[C@@H](CCc3ccccc3)C(N)=O)CCc3ccccc32)cc1. The van der Waals surface area contributed by atoms with Gasteiger partial charge >= 0.3 is 0 Å². The molecule has 3 aromatic rings. The Kier molecular flexibility index (Phi) is 7.60. The average molecular weight is 458 g/mol. The molecule has 176 valence electrons. The van der Waals surface area contributed by atoms with Gasteiger partial charge in [0.05, 0.1) is 25.7 Å². The highest BCUT2D eigenvalue weighted by atomic mass is 16.5. The summed E-state index contributed by atoms with van der Waals surface area (Å²) in [5.74, 6) is 0.285. The largest absolute Gasteiger partial charge is 0.497 e. The average Bonchev–Trinajstić information content (AvgIpc) is 2.99. The van der Waals surface area contributed by atoms with Crippen LogP contribution >= 0.6 is 0 Å². The number of hydrogen-bond acceptors (Lipinski definition) is 4. The molecule has 0 spiro atoms. The van der Waals surface area contributed by atoms with Crippen LogP contribution in [0.25, 0.3) is 0 Å². The Hall–Kier alpha value is -3.64. The van der Waals surface area contributed by atoms with Crippen LogP contribution in [0.15, 0.2) is 78.9 Å².